The van der Waals surface area contributed by atoms with Crippen LogP contribution >= 0.6 is 7.15 Å². The van der Waals surface area contributed by atoms with E-state index in [9.17, 15) is 25.1 Å². The maximum atomic E-state index is 10.6. The fraction of sp³-hybridized carbons (Fsp3) is 1.00. The summed E-state index contributed by atoms with van der Waals surface area (Å²) in [4.78, 5) is 21.2. The lowest BCUT2D eigenvalue weighted by Crippen LogP contribution is -2.59. The SMILES string of the molecule is CO[C@H]1O[C@H](CO[P+]([O-])([O-])[S-])[C@@H](O)[C@H](O)[C@@H]1O. The van der Waals surface area contributed by atoms with Crippen LogP contribution in [0.5, 0.6) is 0 Å². The Morgan fingerprint density at radius 2 is 1.82 bits per heavy atom. The lowest BCUT2D eigenvalue weighted by Gasteiger charge is -2.44. The van der Waals surface area contributed by atoms with E-state index in [0.717, 1.165) is 0 Å². The molecular weight excluding hydrogens is 275 g/mol. The molecule has 1 heterocycles. The Morgan fingerprint density at radius 3 is 2.29 bits per heavy atom. The summed E-state index contributed by atoms with van der Waals surface area (Å²) in [6, 6.07) is 0. The molecule has 5 atom stereocenters. The van der Waals surface area contributed by atoms with Crippen LogP contribution in [-0.2, 0) is 26.2 Å². The predicted molar refractivity (Wildman–Crippen MR) is 53.9 cm³/mol. The van der Waals surface area contributed by atoms with Crippen LogP contribution in [0.3, 0.4) is 0 Å². The van der Waals surface area contributed by atoms with Gasteiger partial charge in [0, 0.05) is 7.11 Å². The van der Waals surface area contributed by atoms with Gasteiger partial charge in [-0.15, -0.1) is 0 Å². The van der Waals surface area contributed by atoms with Gasteiger partial charge < -0.3 is 46.8 Å². The second kappa shape index (κ2) is 6.07. The third-order valence-electron chi connectivity index (χ3n) is 2.30. The van der Waals surface area contributed by atoms with Crippen LogP contribution in [0.15, 0.2) is 0 Å². The summed E-state index contributed by atoms with van der Waals surface area (Å²) in [5, 5.41) is 28.4. The molecule has 0 aromatic rings. The molecule has 0 spiro atoms. The molecule has 1 rings (SSSR count). The van der Waals surface area contributed by atoms with E-state index in [1.807, 2.05) is 0 Å². The van der Waals surface area contributed by atoms with Crippen molar-refractivity contribution < 1.29 is 39.1 Å². The van der Waals surface area contributed by atoms with E-state index in [4.69, 9.17) is 9.47 Å². The van der Waals surface area contributed by atoms with Crippen molar-refractivity contribution in [1.29, 1.82) is 0 Å². The quantitative estimate of drug-likeness (QED) is 0.354. The molecule has 0 unspecified atom stereocenters. The first-order valence-electron chi connectivity index (χ1n) is 4.65. The average molecular weight is 288 g/mol. The molecule has 17 heavy (non-hydrogen) atoms. The van der Waals surface area contributed by atoms with Gasteiger partial charge >= 0.3 is 0 Å². The molecule has 3 N–H and O–H groups in total. The van der Waals surface area contributed by atoms with Crippen molar-refractivity contribution in [3.63, 3.8) is 0 Å². The van der Waals surface area contributed by atoms with Crippen molar-refractivity contribution in [1.82, 2.24) is 0 Å². The Morgan fingerprint density at radius 1 is 1.24 bits per heavy atom. The largest absolute Gasteiger partial charge is 0.676 e. The summed E-state index contributed by atoms with van der Waals surface area (Å²) in [6.07, 6.45) is -6.81. The van der Waals surface area contributed by atoms with Crippen LogP contribution in [0.4, 0.5) is 0 Å². The summed E-state index contributed by atoms with van der Waals surface area (Å²) in [5.41, 5.74) is 0. The number of hydrogen-bond acceptors (Lipinski definition) is 9. The Balaban J connectivity index is 2.59. The molecule has 0 saturated carbocycles. The molecule has 0 amide bonds. The van der Waals surface area contributed by atoms with Crippen LogP contribution in [-0.4, -0.2) is 59.7 Å². The van der Waals surface area contributed by atoms with Crippen molar-refractivity contribution in [2.75, 3.05) is 13.7 Å². The zero-order valence-corrected chi connectivity index (χ0v) is 10.5. The fourth-order valence-electron chi connectivity index (χ4n) is 1.41. The first kappa shape index (κ1) is 15.5. The van der Waals surface area contributed by atoms with Gasteiger partial charge in [0.25, 0.3) is 0 Å². The van der Waals surface area contributed by atoms with E-state index in [0.29, 0.717) is 0 Å². The molecule has 0 aliphatic carbocycles. The van der Waals surface area contributed by atoms with E-state index >= 15 is 0 Å². The lowest BCUT2D eigenvalue weighted by molar-refractivity contribution is -0.332. The Kier molecular flexibility index (Phi) is 5.54. The Labute approximate surface area is 103 Å². The minimum absolute atomic E-state index is 0.560. The molecule has 0 bridgehead atoms. The highest BCUT2D eigenvalue weighted by molar-refractivity contribution is 8.33. The van der Waals surface area contributed by atoms with Crippen LogP contribution in [0.25, 0.3) is 0 Å². The molecule has 0 aromatic carbocycles. The summed E-state index contributed by atoms with van der Waals surface area (Å²) < 4.78 is 14.0. The average Bonchev–Trinajstić information content (AvgIpc) is 2.24. The number of hydrogen-bond donors (Lipinski definition) is 3. The standard InChI is InChI=1S/C7H15O8PS/c1-13-7-6(10)5(9)4(8)3(15-7)2-14-16(11,12)17/h3-10H,2H2,1H3,(H2,11,12,17)/p-2/t3-,4-,5+,6+,7+/m1/s1. The first-order valence-corrected chi connectivity index (χ1v) is 7.21. The van der Waals surface area contributed by atoms with Gasteiger partial charge in [0.15, 0.2) is 6.29 Å². The number of aliphatic hydroxyl groups is 3. The number of rotatable bonds is 4. The van der Waals surface area contributed by atoms with Gasteiger partial charge in [-0.2, -0.15) is 0 Å². The topological polar surface area (TPSA) is 134 Å². The van der Waals surface area contributed by atoms with Crippen LogP contribution in [0.2, 0.25) is 0 Å². The van der Waals surface area contributed by atoms with Crippen LogP contribution in [0.1, 0.15) is 0 Å². The second-order valence-electron chi connectivity index (χ2n) is 3.49. The van der Waals surface area contributed by atoms with Crippen molar-refractivity contribution in [2.24, 2.45) is 0 Å². The normalized spacial score (nSPS) is 39.4. The van der Waals surface area contributed by atoms with Crippen LogP contribution in [0, 0.1) is 0 Å². The van der Waals surface area contributed by atoms with Crippen molar-refractivity contribution in [3.8, 4) is 0 Å². The Bertz CT molecular complexity index is 247. The molecule has 1 fully saturated rings. The highest BCUT2D eigenvalue weighted by Gasteiger charge is 2.44. The van der Waals surface area contributed by atoms with Gasteiger partial charge in [-0.25, -0.2) is 0 Å². The molecular formula is C7H13O8PS-2. The molecule has 1 aliphatic heterocycles. The summed E-state index contributed by atoms with van der Waals surface area (Å²) in [5.74, 6) is 0. The molecule has 0 radical (unpaired) electrons. The molecule has 8 nitrogen and oxygen atoms in total. The highest BCUT2D eigenvalue weighted by atomic mass is 32.7. The van der Waals surface area contributed by atoms with Gasteiger partial charge in [-0.3, -0.25) is 4.52 Å². The lowest BCUT2D eigenvalue weighted by atomic mass is 9.99. The van der Waals surface area contributed by atoms with E-state index in [-0.39, 0.29) is 0 Å². The smallest absolute Gasteiger partial charge is 0.186 e. The van der Waals surface area contributed by atoms with E-state index < -0.39 is 44.5 Å². The number of ether oxygens (including phenoxy) is 2. The van der Waals surface area contributed by atoms with E-state index in [2.05, 4.69) is 16.8 Å². The summed E-state index contributed by atoms with van der Waals surface area (Å²) >= 11 is 4.00. The summed E-state index contributed by atoms with van der Waals surface area (Å²) in [6.45, 7) is -0.560. The minimum Gasteiger partial charge on any atom is -0.676 e. The number of methoxy groups -OCH3 is 1. The van der Waals surface area contributed by atoms with Crippen molar-refractivity contribution in [2.45, 2.75) is 30.7 Å². The van der Waals surface area contributed by atoms with Crippen molar-refractivity contribution in [3.05, 3.63) is 0 Å². The maximum absolute atomic E-state index is 10.6. The highest BCUT2D eigenvalue weighted by Crippen LogP contribution is 2.38. The van der Waals surface area contributed by atoms with E-state index in [1.54, 1.807) is 0 Å². The van der Waals surface area contributed by atoms with Gasteiger partial charge in [-0.1, -0.05) is 7.15 Å². The third kappa shape index (κ3) is 4.25. The van der Waals surface area contributed by atoms with Gasteiger partial charge in [0.2, 0.25) is 0 Å². The predicted octanol–water partition coefficient (Wildman–Crippen LogP) is -3.60. The fourth-order valence-corrected chi connectivity index (χ4v) is 1.93. The van der Waals surface area contributed by atoms with E-state index in [1.165, 1.54) is 7.11 Å². The maximum Gasteiger partial charge on any atom is 0.186 e. The van der Waals surface area contributed by atoms with Gasteiger partial charge in [-0.05, 0) is 0 Å². The van der Waals surface area contributed by atoms with Gasteiger partial charge in [0.1, 0.15) is 31.0 Å². The Hall–Kier alpha value is 0.460. The zero-order valence-electron chi connectivity index (χ0n) is 8.83. The number of aliphatic hydroxyl groups excluding tert-OH is 3. The third-order valence-corrected chi connectivity index (χ3v) is 3.08. The molecule has 102 valence electrons. The minimum atomic E-state index is -4.36. The molecule has 0 aromatic heterocycles. The molecule has 10 heteroatoms. The van der Waals surface area contributed by atoms with Crippen molar-refractivity contribution >= 4 is 19.4 Å². The monoisotopic (exact) mass is 288 g/mol. The summed E-state index contributed by atoms with van der Waals surface area (Å²) in [7, 11) is -3.14. The second-order valence-corrected chi connectivity index (χ2v) is 5.99. The molecule has 1 aliphatic rings. The first-order chi connectivity index (χ1) is 7.76. The van der Waals surface area contributed by atoms with Gasteiger partial charge in [0.05, 0.1) is 0 Å². The van der Waals surface area contributed by atoms with Crippen LogP contribution < -0.4 is 9.79 Å². The zero-order chi connectivity index (χ0) is 13.2. The molecule has 1 saturated heterocycles.